The zero-order valence-electron chi connectivity index (χ0n) is 15.7. The highest BCUT2D eigenvalue weighted by molar-refractivity contribution is 5.80. The Bertz CT molecular complexity index is 840. The molecule has 0 unspecified atom stereocenters. The lowest BCUT2D eigenvalue weighted by atomic mass is 10.0. The summed E-state index contributed by atoms with van der Waals surface area (Å²) in [5, 5.41) is 11.7. The van der Waals surface area contributed by atoms with Crippen molar-refractivity contribution in [3.05, 3.63) is 71.3 Å². The third-order valence-corrected chi connectivity index (χ3v) is 3.51. The number of carboxylic acids is 1. The number of carbonyl (C=O) groups excluding carboxylic acids is 1. The van der Waals surface area contributed by atoms with Crippen molar-refractivity contribution in [2.45, 2.75) is 38.8 Å². The second kappa shape index (κ2) is 8.91. The van der Waals surface area contributed by atoms with Crippen molar-refractivity contribution in [2.75, 3.05) is 0 Å². The van der Waals surface area contributed by atoms with Gasteiger partial charge in [-0.3, -0.25) is 0 Å². The summed E-state index contributed by atoms with van der Waals surface area (Å²) in [5.74, 6) is 5.02. The molecule has 5 heteroatoms. The second-order valence-electron chi connectivity index (χ2n) is 7.05. The van der Waals surface area contributed by atoms with Crippen LogP contribution < -0.4 is 5.32 Å². The number of carbonyl (C=O) groups is 2. The first kappa shape index (κ1) is 20.1. The molecule has 0 aromatic heterocycles. The molecule has 2 N–H and O–H groups in total. The molecule has 0 saturated carbocycles. The number of benzene rings is 2. The fourth-order valence-corrected chi connectivity index (χ4v) is 2.28. The molecule has 2 aromatic carbocycles. The number of hydrogen-bond acceptors (Lipinski definition) is 3. The summed E-state index contributed by atoms with van der Waals surface area (Å²) in [4.78, 5) is 23.3. The van der Waals surface area contributed by atoms with E-state index < -0.39 is 23.7 Å². The smallest absolute Gasteiger partial charge is 0.408 e. The molecule has 0 aliphatic heterocycles. The predicted octanol–water partition coefficient (Wildman–Crippen LogP) is 3.61. The quantitative estimate of drug-likeness (QED) is 0.812. The number of ether oxygens (including phenoxy) is 1. The van der Waals surface area contributed by atoms with Crippen LogP contribution in [0.25, 0.3) is 0 Å². The Morgan fingerprint density at radius 3 is 2.07 bits per heavy atom. The van der Waals surface area contributed by atoms with Crippen LogP contribution in [0.4, 0.5) is 4.79 Å². The molecule has 140 valence electrons. The van der Waals surface area contributed by atoms with E-state index in [0.29, 0.717) is 0 Å². The van der Waals surface area contributed by atoms with Crippen LogP contribution in [-0.4, -0.2) is 28.8 Å². The maximum atomic E-state index is 11.8. The van der Waals surface area contributed by atoms with E-state index >= 15 is 0 Å². The minimum atomic E-state index is -1.12. The van der Waals surface area contributed by atoms with Gasteiger partial charge >= 0.3 is 12.1 Å². The molecular weight excluding hydrogens is 342 g/mol. The van der Waals surface area contributed by atoms with Crippen molar-refractivity contribution in [3.63, 3.8) is 0 Å². The van der Waals surface area contributed by atoms with Gasteiger partial charge in [-0.2, -0.15) is 0 Å². The lowest BCUT2D eigenvalue weighted by Gasteiger charge is -2.22. The zero-order valence-corrected chi connectivity index (χ0v) is 15.7. The topological polar surface area (TPSA) is 75.6 Å². The van der Waals surface area contributed by atoms with Crippen LogP contribution in [0.3, 0.4) is 0 Å². The predicted molar refractivity (Wildman–Crippen MR) is 103 cm³/mol. The Morgan fingerprint density at radius 2 is 1.56 bits per heavy atom. The summed E-state index contributed by atoms with van der Waals surface area (Å²) in [6.07, 6.45) is -0.596. The Hall–Kier alpha value is -3.26. The fraction of sp³-hybridized carbons (Fsp3) is 0.273. The monoisotopic (exact) mass is 365 g/mol. The van der Waals surface area contributed by atoms with E-state index in [0.717, 1.165) is 16.7 Å². The van der Waals surface area contributed by atoms with Crippen molar-refractivity contribution >= 4 is 12.1 Å². The van der Waals surface area contributed by atoms with Crippen LogP contribution in [0.1, 0.15) is 37.5 Å². The van der Waals surface area contributed by atoms with E-state index in [-0.39, 0.29) is 6.42 Å². The third-order valence-electron chi connectivity index (χ3n) is 3.51. The van der Waals surface area contributed by atoms with Crippen LogP contribution in [0, 0.1) is 11.8 Å². The standard InChI is InChI=1S/C22H23NO4/c1-22(2,3)27-21(26)23-19(20(24)25)15-18-13-11-17(12-14-18)10-9-16-7-5-4-6-8-16/h4-8,11-14,19H,15H2,1-3H3,(H,23,26)(H,24,25)/t19-/m0/s1. The average Bonchev–Trinajstić information content (AvgIpc) is 2.60. The highest BCUT2D eigenvalue weighted by atomic mass is 16.6. The van der Waals surface area contributed by atoms with Gasteiger partial charge in [0, 0.05) is 17.5 Å². The van der Waals surface area contributed by atoms with Crippen LogP contribution in [0.5, 0.6) is 0 Å². The lowest BCUT2D eigenvalue weighted by molar-refractivity contribution is -0.139. The molecule has 0 fully saturated rings. The second-order valence-corrected chi connectivity index (χ2v) is 7.05. The maximum absolute atomic E-state index is 11.8. The van der Waals surface area contributed by atoms with Crippen LogP contribution >= 0.6 is 0 Å². The number of alkyl carbamates (subject to hydrolysis) is 1. The van der Waals surface area contributed by atoms with Crippen LogP contribution in [-0.2, 0) is 16.0 Å². The van der Waals surface area contributed by atoms with Gasteiger partial charge in [0.2, 0.25) is 0 Å². The number of aliphatic carboxylic acids is 1. The Labute approximate surface area is 159 Å². The van der Waals surface area contributed by atoms with E-state index in [1.54, 1.807) is 20.8 Å². The molecule has 0 bridgehead atoms. The number of amides is 1. The van der Waals surface area contributed by atoms with Crippen molar-refractivity contribution in [3.8, 4) is 11.8 Å². The van der Waals surface area contributed by atoms with Crippen molar-refractivity contribution in [2.24, 2.45) is 0 Å². The summed E-state index contributed by atoms with van der Waals surface area (Å²) in [5.41, 5.74) is 1.85. The first-order chi connectivity index (χ1) is 12.7. The van der Waals surface area contributed by atoms with Gasteiger partial charge in [-0.15, -0.1) is 0 Å². The van der Waals surface area contributed by atoms with Gasteiger partial charge in [0.1, 0.15) is 11.6 Å². The lowest BCUT2D eigenvalue weighted by Crippen LogP contribution is -2.44. The molecular formula is C22H23NO4. The van der Waals surface area contributed by atoms with Gasteiger partial charge in [-0.25, -0.2) is 9.59 Å². The van der Waals surface area contributed by atoms with E-state index in [1.807, 2.05) is 54.6 Å². The largest absolute Gasteiger partial charge is 0.480 e. The van der Waals surface area contributed by atoms with Gasteiger partial charge in [0.25, 0.3) is 0 Å². The molecule has 0 heterocycles. The minimum absolute atomic E-state index is 0.154. The third kappa shape index (κ3) is 7.25. The highest BCUT2D eigenvalue weighted by Gasteiger charge is 2.24. The van der Waals surface area contributed by atoms with Crippen LogP contribution in [0.2, 0.25) is 0 Å². The average molecular weight is 365 g/mol. The summed E-state index contributed by atoms with van der Waals surface area (Å²) >= 11 is 0. The molecule has 5 nitrogen and oxygen atoms in total. The Balaban J connectivity index is 2.01. The Morgan fingerprint density at radius 1 is 1.00 bits per heavy atom. The molecule has 0 aliphatic carbocycles. The summed E-state index contributed by atoms with van der Waals surface area (Å²) in [6.45, 7) is 5.16. The molecule has 1 atom stereocenters. The van der Waals surface area contributed by atoms with E-state index in [1.165, 1.54) is 0 Å². The molecule has 0 spiro atoms. The number of carboxylic acid groups (broad SMARTS) is 1. The minimum Gasteiger partial charge on any atom is -0.480 e. The van der Waals surface area contributed by atoms with E-state index in [2.05, 4.69) is 17.2 Å². The first-order valence-corrected chi connectivity index (χ1v) is 8.61. The molecule has 2 aromatic rings. The normalized spacial score (nSPS) is 11.7. The van der Waals surface area contributed by atoms with Crippen LogP contribution in [0.15, 0.2) is 54.6 Å². The highest BCUT2D eigenvalue weighted by Crippen LogP contribution is 2.10. The summed E-state index contributed by atoms with van der Waals surface area (Å²) < 4.78 is 5.12. The molecule has 2 rings (SSSR count). The Kier molecular flexibility index (Phi) is 6.62. The first-order valence-electron chi connectivity index (χ1n) is 8.61. The maximum Gasteiger partial charge on any atom is 0.408 e. The molecule has 0 aliphatic rings. The van der Waals surface area contributed by atoms with Crippen molar-refractivity contribution in [1.82, 2.24) is 5.32 Å². The van der Waals surface area contributed by atoms with Gasteiger partial charge in [0.15, 0.2) is 0 Å². The van der Waals surface area contributed by atoms with Gasteiger partial charge in [-0.05, 0) is 50.6 Å². The van der Waals surface area contributed by atoms with Crippen molar-refractivity contribution < 1.29 is 19.4 Å². The van der Waals surface area contributed by atoms with Gasteiger partial charge in [-0.1, -0.05) is 42.2 Å². The van der Waals surface area contributed by atoms with Gasteiger partial charge < -0.3 is 15.2 Å². The van der Waals surface area contributed by atoms with E-state index in [9.17, 15) is 14.7 Å². The van der Waals surface area contributed by atoms with E-state index in [4.69, 9.17) is 4.74 Å². The fourth-order valence-electron chi connectivity index (χ4n) is 2.28. The summed E-state index contributed by atoms with van der Waals surface area (Å²) in [7, 11) is 0. The molecule has 1 amide bonds. The number of rotatable bonds is 4. The molecule has 27 heavy (non-hydrogen) atoms. The number of hydrogen-bond donors (Lipinski definition) is 2. The molecule has 0 radical (unpaired) electrons. The SMILES string of the molecule is CC(C)(C)OC(=O)N[C@@H](Cc1ccc(C#Cc2ccccc2)cc1)C(=O)O. The zero-order chi connectivity index (χ0) is 19.9. The van der Waals surface area contributed by atoms with Gasteiger partial charge in [0.05, 0.1) is 0 Å². The van der Waals surface area contributed by atoms with Crippen molar-refractivity contribution in [1.29, 1.82) is 0 Å². The molecule has 0 saturated heterocycles. The summed E-state index contributed by atoms with van der Waals surface area (Å²) in [6, 6.07) is 15.9. The number of nitrogens with one attached hydrogen (secondary N) is 1.